The minimum atomic E-state index is 0.0607. The second-order valence-electron chi connectivity index (χ2n) is 4.01. The predicted molar refractivity (Wildman–Crippen MR) is 57.4 cm³/mol. The first-order chi connectivity index (χ1) is 6.72. The van der Waals surface area contributed by atoms with Gasteiger partial charge in [0.15, 0.2) is 0 Å². The van der Waals surface area contributed by atoms with Gasteiger partial charge in [0.1, 0.15) is 11.9 Å². The Kier molecular flexibility index (Phi) is 2.46. The van der Waals surface area contributed by atoms with Crippen molar-refractivity contribution < 1.29 is 4.74 Å². The second kappa shape index (κ2) is 3.62. The van der Waals surface area contributed by atoms with Crippen LogP contribution in [0, 0.1) is 6.92 Å². The van der Waals surface area contributed by atoms with Gasteiger partial charge in [0.2, 0.25) is 0 Å². The summed E-state index contributed by atoms with van der Waals surface area (Å²) < 4.78 is 5.82. The molecule has 1 aromatic carbocycles. The molecule has 0 fully saturated rings. The molecule has 0 bridgehead atoms. The summed E-state index contributed by atoms with van der Waals surface area (Å²) in [5.74, 6) is 0.982. The van der Waals surface area contributed by atoms with Crippen LogP contribution in [0.25, 0.3) is 0 Å². The first-order valence-electron chi connectivity index (χ1n) is 5.25. The Hall–Kier alpha value is -1.02. The molecule has 0 aromatic heterocycles. The Morgan fingerprint density at radius 1 is 1.43 bits per heavy atom. The maximum atomic E-state index is 6.10. The van der Waals surface area contributed by atoms with Gasteiger partial charge in [-0.25, -0.2) is 0 Å². The number of benzene rings is 1. The summed E-state index contributed by atoms with van der Waals surface area (Å²) in [5.41, 5.74) is 8.49. The highest BCUT2D eigenvalue weighted by atomic mass is 16.5. The topological polar surface area (TPSA) is 35.2 Å². The molecular formula is C12H17NO. The highest BCUT2D eigenvalue weighted by Crippen LogP contribution is 2.37. The fourth-order valence-electron chi connectivity index (χ4n) is 1.98. The highest BCUT2D eigenvalue weighted by molar-refractivity contribution is 5.42. The number of nitrogens with two attached hydrogens (primary N) is 1. The van der Waals surface area contributed by atoms with Crippen LogP contribution in [-0.2, 0) is 0 Å². The maximum absolute atomic E-state index is 6.10. The predicted octanol–water partition coefficient (Wildman–Crippen LogP) is 2.56. The van der Waals surface area contributed by atoms with E-state index in [1.165, 1.54) is 5.56 Å². The molecule has 0 radical (unpaired) electrons. The third kappa shape index (κ3) is 1.50. The van der Waals surface area contributed by atoms with Crippen molar-refractivity contribution in [3.8, 4) is 5.75 Å². The molecule has 0 amide bonds. The van der Waals surface area contributed by atoms with Crippen molar-refractivity contribution in [3.05, 3.63) is 29.3 Å². The SMILES string of the molecule is CCCC1Oc2cc(C)ccc2C1N. The monoisotopic (exact) mass is 191 g/mol. The van der Waals surface area contributed by atoms with E-state index in [4.69, 9.17) is 10.5 Å². The molecule has 2 unspecified atom stereocenters. The van der Waals surface area contributed by atoms with Crippen LogP contribution in [-0.4, -0.2) is 6.10 Å². The largest absolute Gasteiger partial charge is 0.488 e. The normalized spacial score (nSPS) is 24.5. The highest BCUT2D eigenvalue weighted by Gasteiger charge is 2.30. The van der Waals surface area contributed by atoms with E-state index < -0.39 is 0 Å². The lowest BCUT2D eigenvalue weighted by Gasteiger charge is -2.13. The average Bonchev–Trinajstić information content (AvgIpc) is 2.44. The molecule has 0 saturated heterocycles. The summed E-state index contributed by atoms with van der Waals surface area (Å²) in [6, 6.07) is 6.32. The summed E-state index contributed by atoms with van der Waals surface area (Å²) in [6.07, 6.45) is 2.33. The number of fused-ring (bicyclic) bond motifs is 1. The van der Waals surface area contributed by atoms with Gasteiger partial charge in [-0.2, -0.15) is 0 Å². The second-order valence-corrected chi connectivity index (χ2v) is 4.01. The summed E-state index contributed by atoms with van der Waals surface area (Å²) in [4.78, 5) is 0. The van der Waals surface area contributed by atoms with E-state index in [0.717, 1.165) is 24.2 Å². The molecule has 2 heteroatoms. The Labute approximate surface area is 85.1 Å². The molecule has 1 heterocycles. The van der Waals surface area contributed by atoms with Crippen LogP contribution in [0.2, 0.25) is 0 Å². The molecule has 1 aliphatic heterocycles. The standard InChI is InChI=1S/C12H17NO/c1-3-4-10-12(13)9-6-5-8(2)7-11(9)14-10/h5-7,10,12H,3-4,13H2,1-2H3. The first-order valence-corrected chi connectivity index (χ1v) is 5.25. The van der Waals surface area contributed by atoms with Crippen LogP contribution in [0.4, 0.5) is 0 Å². The van der Waals surface area contributed by atoms with Crippen molar-refractivity contribution in [2.45, 2.75) is 38.8 Å². The van der Waals surface area contributed by atoms with Crippen molar-refractivity contribution in [3.63, 3.8) is 0 Å². The Balaban J connectivity index is 2.26. The summed E-state index contributed by atoms with van der Waals surface area (Å²) >= 11 is 0. The lowest BCUT2D eigenvalue weighted by molar-refractivity contribution is 0.195. The minimum Gasteiger partial charge on any atom is -0.488 e. The molecule has 0 saturated carbocycles. The molecular weight excluding hydrogens is 174 g/mol. The van der Waals surface area contributed by atoms with E-state index >= 15 is 0 Å². The molecule has 2 atom stereocenters. The third-order valence-electron chi connectivity index (χ3n) is 2.78. The van der Waals surface area contributed by atoms with Crippen molar-refractivity contribution in [1.82, 2.24) is 0 Å². The van der Waals surface area contributed by atoms with Gasteiger partial charge >= 0.3 is 0 Å². The minimum absolute atomic E-state index is 0.0607. The van der Waals surface area contributed by atoms with Gasteiger partial charge in [0, 0.05) is 5.56 Å². The van der Waals surface area contributed by atoms with Gasteiger partial charge in [-0.3, -0.25) is 0 Å². The van der Waals surface area contributed by atoms with Crippen LogP contribution < -0.4 is 10.5 Å². The number of hydrogen-bond donors (Lipinski definition) is 1. The lowest BCUT2D eigenvalue weighted by atomic mass is 10.0. The number of hydrogen-bond acceptors (Lipinski definition) is 2. The van der Waals surface area contributed by atoms with Gasteiger partial charge in [-0.15, -0.1) is 0 Å². The van der Waals surface area contributed by atoms with Crippen molar-refractivity contribution in [2.75, 3.05) is 0 Å². The number of aryl methyl sites for hydroxylation is 1. The molecule has 1 aromatic rings. The molecule has 1 aliphatic rings. The van der Waals surface area contributed by atoms with Crippen molar-refractivity contribution in [2.24, 2.45) is 5.73 Å². The Morgan fingerprint density at radius 2 is 2.21 bits per heavy atom. The van der Waals surface area contributed by atoms with Gasteiger partial charge in [0.25, 0.3) is 0 Å². The van der Waals surface area contributed by atoms with Gasteiger partial charge in [-0.05, 0) is 25.0 Å². The van der Waals surface area contributed by atoms with E-state index in [1.807, 2.05) is 0 Å². The molecule has 0 aliphatic carbocycles. The van der Waals surface area contributed by atoms with Crippen molar-refractivity contribution >= 4 is 0 Å². The molecule has 2 nitrogen and oxygen atoms in total. The first kappa shape index (κ1) is 9.53. The zero-order valence-corrected chi connectivity index (χ0v) is 8.79. The smallest absolute Gasteiger partial charge is 0.125 e. The van der Waals surface area contributed by atoms with Crippen molar-refractivity contribution in [1.29, 1.82) is 0 Å². The summed E-state index contributed by atoms with van der Waals surface area (Å²) in [7, 11) is 0. The van der Waals surface area contributed by atoms with E-state index in [2.05, 4.69) is 32.0 Å². The zero-order chi connectivity index (χ0) is 10.1. The van der Waals surface area contributed by atoms with E-state index in [-0.39, 0.29) is 12.1 Å². The lowest BCUT2D eigenvalue weighted by Crippen LogP contribution is -2.24. The quantitative estimate of drug-likeness (QED) is 0.779. The molecule has 2 rings (SSSR count). The fraction of sp³-hybridized carbons (Fsp3) is 0.500. The molecule has 14 heavy (non-hydrogen) atoms. The van der Waals surface area contributed by atoms with Crippen LogP contribution in [0.15, 0.2) is 18.2 Å². The van der Waals surface area contributed by atoms with Gasteiger partial charge < -0.3 is 10.5 Å². The fourth-order valence-corrected chi connectivity index (χ4v) is 1.98. The van der Waals surface area contributed by atoms with E-state index in [9.17, 15) is 0 Å². The molecule has 2 N–H and O–H groups in total. The van der Waals surface area contributed by atoms with E-state index in [1.54, 1.807) is 0 Å². The molecule has 0 spiro atoms. The van der Waals surface area contributed by atoms with Crippen LogP contribution in [0.1, 0.15) is 36.9 Å². The average molecular weight is 191 g/mol. The van der Waals surface area contributed by atoms with Crippen LogP contribution in [0.5, 0.6) is 5.75 Å². The van der Waals surface area contributed by atoms with Gasteiger partial charge in [0.05, 0.1) is 6.04 Å². The summed E-state index contributed by atoms with van der Waals surface area (Å²) in [6.45, 7) is 4.23. The van der Waals surface area contributed by atoms with Crippen LogP contribution >= 0.6 is 0 Å². The Morgan fingerprint density at radius 3 is 2.93 bits per heavy atom. The number of ether oxygens (including phenoxy) is 1. The number of rotatable bonds is 2. The van der Waals surface area contributed by atoms with E-state index in [0.29, 0.717) is 0 Å². The molecule has 76 valence electrons. The van der Waals surface area contributed by atoms with Gasteiger partial charge in [-0.1, -0.05) is 25.5 Å². The zero-order valence-electron chi connectivity index (χ0n) is 8.79. The van der Waals surface area contributed by atoms with Crippen LogP contribution in [0.3, 0.4) is 0 Å². The maximum Gasteiger partial charge on any atom is 0.125 e. The Bertz CT molecular complexity index is 335. The summed E-state index contributed by atoms with van der Waals surface area (Å²) in [5, 5.41) is 0. The third-order valence-corrected chi connectivity index (χ3v) is 2.78.